The van der Waals surface area contributed by atoms with Crippen molar-refractivity contribution in [1.82, 2.24) is 4.90 Å². The molecule has 1 aliphatic heterocycles. The van der Waals surface area contributed by atoms with Gasteiger partial charge < -0.3 is 10.6 Å². The Hall–Kier alpha value is -0.220. The topological polar surface area (TPSA) is 46.3 Å². The summed E-state index contributed by atoms with van der Waals surface area (Å²) in [7, 11) is 0. The molecule has 2 atom stereocenters. The summed E-state index contributed by atoms with van der Waals surface area (Å²) >= 11 is 2.10. The van der Waals surface area contributed by atoms with Crippen LogP contribution in [0.25, 0.3) is 0 Å². The van der Waals surface area contributed by atoms with Crippen LogP contribution >= 0.6 is 11.8 Å². The van der Waals surface area contributed by atoms with E-state index in [2.05, 4.69) is 16.7 Å². The van der Waals surface area contributed by atoms with Crippen LogP contribution in [-0.2, 0) is 4.79 Å². The molecule has 110 valence electrons. The normalized spacial score (nSPS) is 27.1. The van der Waals surface area contributed by atoms with Crippen LogP contribution in [0.1, 0.15) is 57.8 Å². The molecule has 4 heteroatoms. The molecule has 2 rings (SSSR count). The lowest BCUT2D eigenvalue weighted by Crippen LogP contribution is -2.51. The van der Waals surface area contributed by atoms with Crippen molar-refractivity contribution < 1.29 is 4.79 Å². The van der Waals surface area contributed by atoms with Crippen LogP contribution < -0.4 is 5.73 Å². The van der Waals surface area contributed by atoms with E-state index >= 15 is 0 Å². The van der Waals surface area contributed by atoms with Gasteiger partial charge in [0.2, 0.25) is 5.91 Å². The number of rotatable bonds is 6. The Morgan fingerprint density at radius 1 is 1.16 bits per heavy atom. The Labute approximate surface area is 121 Å². The molecule has 0 bridgehead atoms. The molecule has 0 radical (unpaired) electrons. The monoisotopic (exact) mass is 284 g/mol. The first kappa shape index (κ1) is 15.2. The number of amides is 1. The minimum absolute atomic E-state index is 0.407. The van der Waals surface area contributed by atoms with Crippen molar-refractivity contribution >= 4 is 17.7 Å². The maximum atomic E-state index is 12.4. The van der Waals surface area contributed by atoms with Crippen molar-refractivity contribution in [1.29, 1.82) is 0 Å². The fourth-order valence-electron chi connectivity index (χ4n) is 3.32. The standard InChI is InChI=1S/C15H28N2OS/c16-10-6-2-1-3-9-15(18)17-11-12-19-14-8-5-4-7-13(14)17/h13-14H,1-12,16H2/t13-,14+/m1/s1. The van der Waals surface area contributed by atoms with Gasteiger partial charge in [0.25, 0.3) is 0 Å². The molecule has 1 heterocycles. The maximum Gasteiger partial charge on any atom is 0.222 e. The number of unbranched alkanes of at least 4 members (excludes halogenated alkanes) is 3. The number of carbonyl (C=O) groups is 1. The highest BCUT2D eigenvalue weighted by Crippen LogP contribution is 2.35. The molecule has 1 amide bonds. The molecule has 0 aromatic heterocycles. The fourth-order valence-corrected chi connectivity index (χ4v) is 4.77. The van der Waals surface area contributed by atoms with E-state index in [4.69, 9.17) is 5.73 Å². The summed E-state index contributed by atoms with van der Waals surface area (Å²) in [5, 5.41) is 0.726. The van der Waals surface area contributed by atoms with Crippen LogP contribution in [0.5, 0.6) is 0 Å². The lowest BCUT2D eigenvalue weighted by atomic mass is 9.93. The van der Waals surface area contributed by atoms with Gasteiger partial charge in [-0.2, -0.15) is 11.8 Å². The zero-order valence-corrected chi connectivity index (χ0v) is 12.8. The minimum atomic E-state index is 0.407. The summed E-state index contributed by atoms with van der Waals surface area (Å²) in [6, 6.07) is 0.545. The van der Waals surface area contributed by atoms with Gasteiger partial charge in [-0.05, 0) is 32.2 Å². The summed E-state index contributed by atoms with van der Waals surface area (Å²) in [4.78, 5) is 14.6. The second kappa shape index (κ2) is 8.15. The first-order valence-electron chi connectivity index (χ1n) is 7.94. The highest BCUT2D eigenvalue weighted by Gasteiger charge is 2.35. The predicted molar refractivity (Wildman–Crippen MR) is 82.4 cm³/mol. The Kier molecular flexibility index (Phi) is 6.51. The molecule has 1 saturated carbocycles. The van der Waals surface area contributed by atoms with Crippen molar-refractivity contribution in [2.24, 2.45) is 5.73 Å². The summed E-state index contributed by atoms with van der Waals surface area (Å²) in [6.45, 7) is 1.76. The van der Waals surface area contributed by atoms with Crippen molar-refractivity contribution in [3.63, 3.8) is 0 Å². The second-order valence-corrected chi connectivity index (χ2v) is 7.15. The molecule has 1 aliphatic carbocycles. The molecule has 2 aliphatic rings. The summed E-state index contributed by atoms with van der Waals surface area (Å²) in [5.41, 5.74) is 5.48. The number of hydrogen-bond acceptors (Lipinski definition) is 3. The van der Waals surface area contributed by atoms with Crippen LogP contribution in [0.15, 0.2) is 0 Å². The van der Waals surface area contributed by atoms with E-state index in [1.165, 1.54) is 32.1 Å². The van der Waals surface area contributed by atoms with Crippen molar-refractivity contribution in [3.8, 4) is 0 Å². The summed E-state index contributed by atoms with van der Waals surface area (Å²) in [6.07, 6.45) is 10.4. The van der Waals surface area contributed by atoms with Gasteiger partial charge >= 0.3 is 0 Å². The number of nitrogens with zero attached hydrogens (tertiary/aromatic N) is 1. The third-order valence-corrected chi connectivity index (χ3v) is 5.79. The van der Waals surface area contributed by atoms with Crippen LogP contribution in [0.2, 0.25) is 0 Å². The Bertz CT molecular complexity index is 283. The lowest BCUT2D eigenvalue weighted by Gasteiger charge is -2.43. The van der Waals surface area contributed by atoms with Gasteiger partial charge in [0, 0.05) is 30.0 Å². The number of carbonyl (C=O) groups excluding carboxylic acids is 1. The molecule has 1 saturated heterocycles. The quantitative estimate of drug-likeness (QED) is 0.763. The van der Waals surface area contributed by atoms with Crippen LogP contribution in [0.3, 0.4) is 0 Å². The molecule has 19 heavy (non-hydrogen) atoms. The average molecular weight is 284 g/mol. The third-order valence-electron chi connectivity index (χ3n) is 4.40. The Morgan fingerprint density at radius 3 is 2.79 bits per heavy atom. The van der Waals surface area contributed by atoms with Gasteiger partial charge in [0.05, 0.1) is 0 Å². The molecular formula is C15H28N2OS. The van der Waals surface area contributed by atoms with Gasteiger partial charge in [0.1, 0.15) is 0 Å². The van der Waals surface area contributed by atoms with Crippen LogP contribution in [-0.4, -0.2) is 40.9 Å². The number of fused-ring (bicyclic) bond motifs is 1. The molecule has 0 aromatic rings. The first-order chi connectivity index (χ1) is 9.33. The van der Waals surface area contributed by atoms with E-state index in [1.54, 1.807) is 0 Å². The van der Waals surface area contributed by atoms with Crippen LogP contribution in [0.4, 0.5) is 0 Å². The van der Waals surface area contributed by atoms with Gasteiger partial charge in [-0.15, -0.1) is 0 Å². The van der Waals surface area contributed by atoms with Gasteiger partial charge in [-0.1, -0.05) is 25.7 Å². The van der Waals surface area contributed by atoms with E-state index < -0.39 is 0 Å². The molecular weight excluding hydrogens is 256 g/mol. The van der Waals surface area contributed by atoms with E-state index in [9.17, 15) is 4.79 Å². The van der Waals surface area contributed by atoms with E-state index in [-0.39, 0.29) is 0 Å². The van der Waals surface area contributed by atoms with Crippen LogP contribution in [0, 0.1) is 0 Å². The van der Waals surface area contributed by atoms with Gasteiger partial charge in [-0.3, -0.25) is 4.79 Å². The van der Waals surface area contributed by atoms with Crippen molar-refractivity contribution in [3.05, 3.63) is 0 Å². The highest BCUT2D eigenvalue weighted by atomic mass is 32.2. The molecule has 2 N–H and O–H groups in total. The zero-order valence-electron chi connectivity index (χ0n) is 12.0. The third kappa shape index (κ3) is 4.38. The minimum Gasteiger partial charge on any atom is -0.338 e. The molecule has 0 spiro atoms. The Morgan fingerprint density at radius 2 is 1.95 bits per heavy atom. The Balaban J connectivity index is 1.74. The summed E-state index contributed by atoms with van der Waals surface area (Å²) in [5.74, 6) is 1.55. The zero-order chi connectivity index (χ0) is 13.5. The molecule has 3 nitrogen and oxygen atoms in total. The average Bonchev–Trinajstić information content (AvgIpc) is 2.46. The van der Waals surface area contributed by atoms with Gasteiger partial charge in [0.15, 0.2) is 0 Å². The molecule has 0 aromatic carbocycles. The number of thioether (sulfide) groups is 1. The largest absolute Gasteiger partial charge is 0.338 e. The number of hydrogen-bond donors (Lipinski definition) is 1. The maximum absolute atomic E-state index is 12.4. The lowest BCUT2D eigenvalue weighted by molar-refractivity contribution is -0.134. The summed E-state index contributed by atoms with van der Waals surface area (Å²) < 4.78 is 0. The highest BCUT2D eigenvalue weighted by molar-refractivity contribution is 8.00. The smallest absolute Gasteiger partial charge is 0.222 e. The van der Waals surface area contributed by atoms with Crippen molar-refractivity contribution in [2.75, 3.05) is 18.8 Å². The van der Waals surface area contributed by atoms with Crippen molar-refractivity contribution in [2.45, 2.75) is 69.1 Å². The predicted octanol–water partition coefficient (Wildman–Crippen LogP) is 2.78. The SMILES string of the molecule is NCCCCCCC(=O)N1CCS[C@H]2CCCC[C@H]21. The van der Waals surface area contributed by atoms with Gasteiger partial charge in [-0.25, -0.2) is 0 Å². The molecule has 0 unspecified atom stereocenters. The molecule has 2 fully saturated rings. The van der Waals surface area contributed by atoms with E-state index in [0.29, 0.717) is 11.9 Å². The fraction of sp³-hybridized carbons (Fsp3) is 0.933. The van der Waals surface area contributed by atoms with E-state index in [0.717, 1.165) is 49.8 Å². The number of nitrogens with two attached hydrogens (primary N) is 1. The first-order valence-corrected chi connectivity index (χ1v) is 8.99. The second-order valence-electron chi connectivity index (χ2n) is 5.80. The van der Waals surface area contributed by atoms with E-state index in [1.807, 2.05) is 0 Å².